The first-order valence-electron chi connectivity index (χ1n) is 4.22. The van der Waals surface area contributed by atoms with E-state index in [1.165, 1.54) is 4.90 Å². The Hall–Kier alpha value is -1.20. The highest BCUT2D eigenvalue weighted by atomic mass is 35.5. The van der Waals surface area contributed by atoms with Crippen molar-refractivity contribution in [2.75, 3.05) is 11.4 Å². The first kappa shape index (κ1) is 9.36. The minimum Gasteiger partial charge on any atom is -0.326 e. The van der Waals surface area contributed by atoms with Gasteiger partial charge in [0.1, 0.15) is 0 Å². The Morgan fingerprint density at radius 3 is 2.79 bits per heavy atom. The molecule has 0 radical (unpaired) electrons. The second-order valence-electron chi connectivity index (χ2n) is 3.18. The highest BCUT2D eigenvalue weighted by Crippen LogP contribution is 2.18. The zero-order valence-electron chi connectivity index (χ0n) is 7.35. The van der Waals surface area contributed by atoms with Gasteiger partial charge in [-0.1, -0.05) is 11.6 Å². The van der Waals surface area contributed by atoms with Crippen molar-refractivity contribution >= 4 is 23.3 Å². The van der Waals surface area contributed by atoms with E-state index in [0.717, 1.165) is 0 Å². The molecule has 1 fully saturated rings. The van der Waals surface area contributed by atoms with Crippen LogP contribution in [0.2, 0.25) is 5.15 Å². The molecule has 2 heterocycles. The van der Waals surface area contributed by atoms with E-state index in [2.05, 4.69) is 10.2 Å². The average Bonchev–Trinajstić information content (AvgIpc) is 2.47. The van der Waals surface area contributed by atoms with Crippen molar-refractivity contribution in [2.45, 2.75) is 12.5 Å². The molecule has 0 aromatic carbocycles. The van der Waals surface area contributed by atoms with Crippen molar-refractivity contribution in [3.63, 3.8) is 0 Å². The van der Waals surface area contributed by atoms with E-state index in [9.17, 15) is 4.79 Å². The number of rotatable bonds is 1. The van der Waals surface area contributed by atoms with Crippen LogP contribution in [0.5, 0.6) is 0 Å². The summed E-state index contributed by atoms with van der Waals surface area (Å²) in [6, 6.07) is 3.15. The fourth-order valence-corrected chi connectivity index (χ4v) is 1.51. The Morgan fingerprint density at radius 2 is 2.29 bits per heavy atom. The summed E-state index contributed by atoms with van der Waals surface area (Å²) in [5.41, 5.74) is 5.65. The van der Waals surface area contributed by atoms with Gasteiger partial charge in [-0.15, -0.1) is 10.2 Å². The van der Waals surface area contributed by atoms with Gasteiger partial charge >= 0.3 is 0 Å². The van der Waals surface area contributed by atoms with Gasteiger partial charge in [0.25, 0.3) is 0 Å². The van der Waals surface area contributed by atoms with Crippen molar-refractivity contribution in [3.8, 4) is 0 Å². The van der Waals surface area contributed by atoms with E-state index in [4.69, 9.17) is 17.3 Å². The van der Waals surface area contributed by atoms with Crippen LogP contribution in [0.3, 0.4) is 0 Å². The summed E-state index contributed by atoms with van der Waals surface area (Å²) < 4.78 is 0. The minimum absolute atomic E-state index is 0.0193. The SMILES string of the molecule is NC1CC(=O)N(c2ccc(Cl)nn2)C1. The molecule has 1 unspecified atom stereocenters. The molecule has 1 amide bonds. The molecule has 2 N–H and O–H groups in total. The van der Waals surface area contributed by atoms with Crippen LogP contribution in [-0.4, -0.2) is 28.7 Å². The van der Waals surface area contributed by atoms with Crippen molar-refractivity contribution in [1.29, 1.82) is 0 Å². The maximum atomic E-state index is 11.4. The Labute approximate surface area is 85.9 Å². The van der Waals surface area contributed by atoms with Gasteiger partial charge in [-0.3, -0.25) is 9.69 Å². The van der Waals surface area contributed by atoms with E-state index in [1.807, 2.05) is 0 Å². The van der Waals surface area contributed by atoms with Crippen LogP contribution >= 0.6 is 11.6 Å². The molecule has 14 heavy (non-hydrogen) atoms. The number of nitrogens with zero attached hydrogens (tertiary/aromatic N) is 3. The molecule has 0 saturated carbocycles. The van der Waals surface area contributed by atoms with Crippen LogP contribution in [0.15, 0.2) is 12.1 Å². The van der Waals surface area contributed by atoms with Gasteiger partial charge in [0.05, 0.1) is 0 Å². The average molecular weight is 213 g/mol. The van der Waals surface area contributed by atoms with Crippen LogP contribution in [0, 0.1) is 0 Å². The molecule has 1 aromatic rings. The summed E-state index contributed by atoms with van der Waals surface area (Å²) >= 11 is 5.58. The van der Waals surface area contributed by atoms with Gasteiger partial charge in [-0.2, -0.15) is 0 Å². The van der Waals surface area contributed by atoms with Gasteiger partial charge in [0.2, 0.25) is 5.91 Å². The number of carbonyl (C=O) groups is 1. The quantitative estimate of drug-likeness (QED) is 0.722. The van der Waals surface area contributed by atoms with Crippen LogP contribution < -0.4 is 10.6 Å². The fourth-order valence-electron chi connectivity index (χ4n) is 1.41. The number of nitrogens with two attached hydrogens (primary N) is 1. The third-order valence-corrected chi connectivity index (χ3v) is 2.25. The lowest BCUT2D eigenvalue weighted by Crippen LogP contribution is -2.28. The second kappa shape index (κ2) is 3.51. The van der Waals surface area contributed by atoms with E-state index in [-0.39, 0.29) is 11.9 Å². The highest BCUT2D eigenvalue weighted by Gasteiger charge is 2.28. The van der Waals surface area contributed by atoms with Crippen LogP contribution in [0.25, 0.3) is 0 Å². The van der Waals surface area contributed by atoms with Crippen LogP contribution in [0.4, 0.5) is 5.82 Å². The van der Waals surface area contributed by atoms with Gasteiger partial charge < -0.3 is 5.73 Å². The summed E-state index contributed by atoms with van der Waals surface area (Å²) in [5, 5.41) is 7.79. The molecule has 5 nitrogen and oxygen atoms in total. The van der Waals surface area contributed by atoms with Crippen LogP contribution in [-0.2, 0) is 4.79 Å². The number of anilines is 1. The number of halogens is 1. The number of aromatic nitrogens is 2. The molecular weight excluding hydrogens is 204 g/mol. The lowest BCUT2D eigenvalue weighted by Gasteiger charge is -2.13. The second-order valence-corrected chi connectivity index (χ2v) is 3.57. The Kier molecular flexibility index (Phi) is 2.35. The fraction of sp³-hybridized carbons (Fsp3) is 0.375. The number of carbonyl (C=O) groups excluding carboxylic acids is 1. The molecular formula is C8H9ClN4O. The molecule has 1 aliphatic heterocycles. The Morgan fingerprint density at radius 1 is 1.50 bits per heavy atom. The van der Waals surface area contributed by atoms with E-state index >= 15 is 0 Å². The van der Waals surface area contributed by atoms with Gasteiger partial charge in [-0.25, -0.2) is 0 Å². The van der Waals surface area contributed by atoms with Crippen molar-refractivity contribution in [3.05, 3.63) is 17.3 Å². The first-order chi connectivity index (χ1) is 6.66. The Balaban J connectivity index is 2.23. The standard InChI is InChI=1S/C8H9ClN4O/c9-6-1-2-7(12-11-6)13-4-5(10)3-8(13)14/h1-2,5H,3-4,10H2. The monoisotopic (exact) mass is 212 g/mol. The third kappa shape index (κ3) is 1.69. The van der Waals surface area contributed by atoms with Crippen LogP contribution in [0.1, 0.15) is 6.42 Å². The van der Waals surface area contributed by atoms with Gasteiger partial charge in [0, 0.05) is 19.0 Å². The zero-order chi connectivity index (χ0) is 10.1. The molecule has 74 valence electrons. The third-order valence-electron chi connectivity index (χ3n) is 2.05. The molecule has 6 heteroatoms. The molecule has 1 aromatic heterocycles. The highest BCUT2D eigenvalue weighted by molar-refractivity contribution is 6.29. The number of hydrogen-bond donors (Lipinski definition) is 1. The molecule has 0 spiro atoms. The topological polar surface area (TPSA) is 72.1 Å². The zero-order valence-corrected chi connectivity index (χ0v) is 8.11. The summed E-state index contributed by atoms with van der Waals surface area (Å²) in [4.78, 5) is 12.9. The maximum Gasteiger partial charge on any atom is 0.229 e. The molecule has 0 bridgehead atoms. The molecule has 1 saturated heterocycles. The van der Waals surface area contributed by atoms with E-state index < -0.39 is 0 Å². The molecule has 1 atom stereocenters. The lowest BCUT2D eigenvalue weighted by molar-refractivity contribution is -0.117. The smallest absolute Gasteiger partial charge is 0.229 e. The Bertz CT molecular complexity index is 353. The van der Waals surface area contributed by atoms with E-state index in [0.29, 0.717) is 23.9 Å². The largest absolute Gasteiger partial charge is 0.326 e. The van der Waals surface area contributed by atoms with Gasteiger partial charge in [-0.05, 0) is 12.1 Å². The molecule has 2 rings (SSSR count). The maximum absolute atomic E-state index is 11.4. The van der Waals surface area contributed by atoms with Gasteiger partial charge in [0.15, 0.2) is 11.0 Å². The first-order valence-corrected chi connectivity index (χ1v) is 4.60. The van der Waals surface area contributed by atoms with Crippen molar-refractivity contribution in [1.82, 2.24) is 10.2 Å². The molecule has 1 aliphatic rings. The van der Waals surface area contributed by atoms with Crippen molar-refractivity contribution in [2.24, 2.45) is 5.73 Å². The molecule has 0 aliphatic carbocycles. The normalized spacial score (nSPS) is 21.7. The van der Waals surface area contributed by atoms with E-state index in [1.54, 1.807) is 12.1 Å². The minimum atomic E-state index is -0.111. The van der Waals surface area contributed by atoms with Crippen molar-refractivity contribution < 1.29 is 4.79 Å². The summed E-state index contributed by atoms with van der Waals surface area (Å²) in [7, 11) is 0. The summed E-state index contributed by atoms with van der Waals surface area (Å²) in [6.07, 6.45) is 0.365. The predicted molar refractivity (Wildman–Crippen MR) is 52.0 cm³/mol. The number of amides is 1. The number of hydrogen-bond acceptors (Lipinski definition) is 4. The predicted octanol–water partition coefficient (Wildman–Crippen LogP) is 0.194. The summed E-state index contributed by atoms with van der Waals surface area (Å²) in [6.45, 7) is 0.495. The summed E-state index contributed by atoms with van der Waals surface area (Å²) in [5.74, 6) is 0.487. The lowest BCUT2D eigenvalue weighted by atomic mass is 10.3.